The first-order valence-corrected chi connectivity index (χ1v) is 8.96. The van der Waals surface area contributed by atoms with Crippen molar-refractivity contribution in [3.05, 3.63) is 77.4 Å². The molecule has 0 fully saturated rings. The molecule has 6 nitrogen and oxygen atoms in total. The number of imidazole rings is 1. The first-order valence-electron chi connectivity index (χ1n) is 8.96. The first-order chi connectivity index (χ1) is 13.5. The van der Waals surface area contributed by atoms with Crippen molar-refractivity contribution < 1.29 is 14.9 Å². The molecule has 3 N–H and O–H groups in total. The Balaban J connectivity index is 2.00. The zero-order valence-electron chi connectivity index (χ0n) is 15.8. The molecule has 28 heavy (non-hydrogen) atoms. The maximum absolute atomic E-state index is 10.3. The van der Waals surface area contributed by atoms with Gasteiger partial charge in [0, 0.05) is 36.1 Å². The molecule has 0 unspecified atom stereocenters. The third kappa shape index (κ3) is 4.40. The van der Waals surface area contributed by atoms with Crippen molar-refractivity contribution >= 4 is 18.2 Å². The SMILES string of the molecule is CC(C)c1cc(/C=C(/OC=N)c2cccc(Cn3ccnc3)c2)c(O)cc1O. The van der Waals surface area contributed by atoms with E-state index in [-0.39, 0.29) is 17.4 Å². The number of aromatic nitrogens is 2. The van der Waals surface area contributed by atoms with Crippen LogP contribution in [0.2, 0.25) is 0 Å². The smallest absolute Gasteiger partial charge is 0.173 e. The average Bonchev–Trinajstić information content (AvgIpc) is 3.16. The topological polar surface area (TPSA) is 91.4 Å². The number of benzene rings is 2. The quantitative estimate of drug-likeness (QED) is 0.243. The van der Waals surface area contributed by atoms with Gasteiger partial charge < -0.3 is 19.5 Å². The van der Waals surface area contributed by atoms with Crippen LogP contribution in [0.5, 0.6) is 11.5 Å². The lowest BCUT2D eigenvalue weighted by molar-refractivity contribution is 0.443. The standard InChI is InChI=1S/C22H23N3O3/c1-15(2)19-9-18(20(26)11-21(19)27)10-22(28-13-23)17-5-3-4-16(8-17)12-25-7-6-24-14-25/h3-11,13-15,23,26-27H,12H2,1-2H3/b22-10+,23-13?. The molecule has 3 aromatic rings. The van der Waals surface area contributed by atoms with E-state index in [1.54, 1.807) is 24.7 Å². The monoisotopic (exact) mass is 377 g/mol. The van der Waals surface area contributed by atoms with Crippen LogP contribution >= 0.6 is 0 Å². The minimum absolute atomic E-state index is 0.0532. The van der Waals surface area contributed by atoms with Gasteiger partial charge in [-0.3, -0.25) is 5.41 Å². The van der Waals surface area contributed by atoms with E-state index in [4.69, 9.17) is 10.1 Å². The number of nitrogens with one attached hydrogen (secondary N) is 1. The van der Waals surface area contributed by atoms with Gasteiger partial charge in [0.2, 0.25) is 0 Å². The predicted molar refractivity (Wildman–Crippen MR) is 109 cm³/mol. The number of nitrogens with zero attached hydrogens (tertiary/aromatic N) is 2. The van der Waals surface area contributed by atoms with Gasteiger partial charge in [-0.05, 0) is 35.3 Å². The Labute approximate surface area is 163 Å². The normalized spacial score (nSPS) is 11.6. The van der Waals surface area contributed by atoms with Gasteiger partial charge in [-0.2, -0.15) is 0 Å². The number of aromatic hydroxyl groups is 2. The molecule has 0 aliphatic heterocycles. The minimum Gasteiger partial charge on any atom is -0.508 e. The summed E-state index contributed by atoms with van der Waals surface area (Å²) in [5, 5.41) is 27.7. The number of rotatable bonds is 7. The third-order valence-corrected chi connectivity index (χ3v) is 4.41. The van der Waals surface area contributed by atoms with Crippen LogP contribution in [0.1, 0.15) is 42.0 Å². The van der Waals surface area contributed by atoms with Gasteiger partial charge in [0.25, 0.3) is 0 Å². The largest absolute Gasteiger partial charge is 0.508 e. The average molecular weight is 377 g/mol. The molecule has 0 amide bonds. The number of hydrogen-bond acceptors (Lipinski definition) is 5. The highest BCUT2D eigenvalue weighted by atomic mass is 16.5. The van der Waals surface area contributed by atoms with Crippen molar-refractivity contribution in [2.24, 2.45) is 0 Å². The highest BCUT2D eigenvalue weighted by Gasteiger charge is 2.12. The molecule has 0 aliphatic carbocycles. The van der Waals surface area contributed by atoms with Crippen molar-refractivity contribution in [3.63, 3.8) is 0 Å². The lowest BCUT2D eigenvalue weighted by atomic mass is 9.98. The van der Waals surface area contributed by atoms with Gasteiger partial charge in [-0.15, -0.1) is 0 Å². The second-order valence-electron chi connectivity index (χ2n) is 6.80. The molecule has 0 atom stereocenters. The van der Waals surface area contributed by atoms with Crippen LogP contribution in [0.15, 0.2) is 55.1 Å². The van der Waals surface area contributed by atoms with Gasteiger partial charge >= 0.3 is 0 Å². The molecule has 2 aromatic carbocycles. The van der Waals surface area contributed by atoms with E-state index < -0.39 is 0 Å². The van der Waals surface area contributed by atoms with Gasteiger partial charge in [0.05, 0.1) is 6.33 Å². The highest BCUT2D eigenvalue weighted by Crippen LogP contribution is 2.34. The molecular formula is C22H23N3O3. The van der Waals surface area contributed by atoms with Crippen LogP contribution in [0.25, 0.3) is 11.8 Å². The molecule has 0 saturated heterocycles. The Kier molecular flexibility index (Phi) is 5.79. The van der Waals surface area contributed by atoms with E-state index in [9.17, 15) is 10.2 Å². The predicted octanol–water partition coefficient (Wildman–Crippen LogP) is 4.59. The summed E-state index contributed by atoms with van der Waals surface area (Å²) in [7, 11) is 0. The fraction of sp³-hybridized carbons (Fsp3) is 0.182. The number of phenols is 2. The second kappa shape index (κ2) is 8.43. The molecule has 1 aromatic heterocycles. The Morgan fingerprint density at radius 3 is 2.71 bits per heavy atom. The molecule has 0 saturated carbocycles. The summed E-state index contributed by atoms with van der Waals surface area (Å²) in [4.78, 5) is 4.05. The van der Waals surface area contributed by atoms with Gasteiger partial charge in [0.1, 0.15) is 17.3 Å². The maximum atomic E-state index is 10.3. The van der Waals surface area contributed by atoms with Gasteiger partial charge in [-0.1, -0.05) is 32.0 Å². The van der Waals surface area contributed by atoms with Crippen molar-refractivity contribution in [2.45, 2.75) is 26.3 Å². The molecule has 0 spiro atoms. The fourth-order valence-electron chi connectivity index (χ4n) is 2.99. The van der Waals surface area contributed by atoms with Crippen LogP contribution in [0.4, 0.5) is 0 Å². The van der Waals surface area contributed by atoms with Gasteiger partial charge in [-0.25, -0.2) is 4.98 Å². The molecule has 0 aliphatic rings. The fourth-order valence-corrected chi connectivity index (χ4v) is 2.99. The molecule has 144 valence electrons. The van der Waals surface area contributed by atoms with E-state index in [1.165, 1.54) is 6.07 Å². The van der Waals surface area contributed by atoms with E-state index in [2.05, 4.69) is 4.98 Å². The summed E-state index contributed by atoms with van der Waals surface area (Å²) in [5.74, 6) is 0.528. The summed E-state index contributed by atoms with van der Waals surface area (Å²) in [6.45, 7) is 4.59. The summed E-state index contributed by atoms with van der Waals surface area (Å²) >= 11 is 0. The Bertz CT molecular complexity index is 992. The Morgan fingerprint density at radius 1 is 1.21 bits per heavy atom. The minimum atomic E-state index is -0.0532. The van der Waals surface area contributed by atoms with Crippen LogP contribution in [0.3, 0.4) is 0 Å². The van der Waals surface area contributed by atoms with Crippen LogP contribution in [-0.2, 0) is 11.3 Å². The Hall–Kier alpha value is -3.54. The zero-order valence-corrected chi connectivity index (χ0v) is 15.8. The molecule has 1 heterocycles. The number of hydrogen-bond donors (Lipinski definition) is 3. The van der Waals surface area contributed by atoms with Crippen molar-refractivity contribution in [2.75, 3.05) is 0 Å². The number of phenolic OH excluding ortho intramolecular Hbond substituents is 2. The summed E-state index contributed by atoms with van der Waals surface area (Å²) in [6, 6.07) is 10.8. The van der Waals surface area contributed by atoms with E-state index in [0.29, 0.717) is 17.9 Å². The molecule has 6 heteroatoms. The second-order valence-corrected chi connectivity index (χ2v) is 6.80. The Morgan fingerprint density at radius 2 is 2.04 bits per heavy atom. The molecule has 3 rings (SSSR count). The zero-order chi connectivity index (χ0) is 20.1. The lowest BCUT2D eigenvalue weighted by Gasteiger charge is -2.13. The van der Waals surface area contributed by atoms with Crippen molar-refractivity contribution in [1.82, 2.24) is 9.55 Å². The van der Waals surface area contributed by atoms with Crippen molar-refractivity contribution in [3.8, 4) is 11.5 Å². The number of ether oxygens (including phenoxy) is 1. The summed E-state index contributed by atoms with van der Waals surface area (Å²) < 4.78 is 7.38. The van der Waals surface area contributed by atoms with Crippen LogP contribution < -0.4 is 0 Å². The molecule has 0 bridgehead atoms. The van der Waals surface area contributed by atoms with Gasteiger partial charge in [0.15, 0.2) is 6.40 Å². The highest BCUT2D eigenvalue weighted by molar-refractivity contribution is 5.82. The van der Waals surface area contributed by atoms with Crippen LogP contribution in [-0.4, -0.2) is 26.2 Å². The van der Waals surface area contributed by atoms with E-state index in [0.717, 1.165) is 23.1 Å². The molecular weight excluding hydrogens is 354 g/mol. The lowest BCUT2D eigenvalue weighted by Crippen LogP contribution is -1.98. The first kappa shape index (κ1) is 19.2. The maximum Gasteiger partial charge on any atom is 0.173 e. The summed E-state index contributed by atoms with van der Waals surface area (Å²) in [6.07, 6.45) is 7.89. The van der Waals surface area contributed by atoms with E-state index in [1.807, 2.05) is 48.9 Å². The molecule has 0 radical (unpaired) electrons. The van der Waals surface area contributed by atoms with Crippen molar-refractivity contribution in [1.29, 1.82) is 5.41 Å². The summed E-state index contributed by atoms with van der Waals surface area (Å²) in [5.41, 5.74) is 3.07. The van der Waals surface area contributed by atoms with E-state index >= 15 is 0 Å². The third-order valence-electron chi connectivity index (χ3n) is 4.41. The van der Waals surface area contributed by atoms with Crippen LogP contribution in [0, 0.1) is 5.41 Å².